The summed E-state index contributed by atoms with van der Waals surface area (Å²) in [5.41, 5.74) is 3.91. The van der Waals surface area contributed by atoms with E-state index in [4.69, 9.17) is 22.8 Å². The van der Waals surface area contributed by atoms with Gasteiger partial charge >= 0.3 is 17.1 Å². The molecule has 16 N–H and O–H groups in total. The molecule has 43 heavy (non-hydrogen) atoms. The molecule has 17 nitrogen and oxygen atoms in total. The minimum absolute atomic E-state index is 0. The van der Waals surface area contributed by atoms with Gasteiger partial charge in [-0.05, 0) is 24.3 Å². The first-order valence-electron chi connectivity index (χ1n) is 9.94. The van der Waals surface area contributed by atoms with Crippen LogP contribution in [0, 0.1) is 0 Å². The van der Waals surface area contributed by atoms with Crippen molar-refractivity contribution in [1.29, 1.82) is 0 Å². The Labute approximate surface area is 254 Å². The van der Waals surface area contributed by atoms with Crippen molar-refractivity contribution in [3.8, 4) is 0 Å². The van der Waals surface area contributed by atoms with Gasteiger partial charge in [0, 0.05) is 56.7 Å². The van der Waals surface area contributed by atoms with E-state index in [2.05, 4.69) is 73.7 Å². The molecule has 6 rings (SSSR count). The maximum absolute atomic E-state index is 8.52. The number of rotatable bonds is 0. The van der Waals surface area contributed by atoms with Gasteiger partial charge in [0.05, 0.1) is 22.1 Å². The van der Waals surface area contributed by atoms with Crippen LogP contribution < -0.4 is 5.26 Å². The number of hydrogen-bond donors (Lipinski definition) is 0. The fourth-order valence-electron chi connectivity index (χ4n) is 3.36. The summed E-state index contributed by atoms with van der Waals surface area (Å²) < 4.78 is 34.1. The van der Waals surface area contributed by atoms with E-state index in [-0.39, 0.29) is 55.4 Å². The van der Waals surface area contributed by atoms with Gasteiger partial charge in [-0.1, -0.05) is 48.5 Å². The van der Waals surface area contributed by atoms with E-state index in [1.165, 1.54) is 0 Å². The van der Waals surface area contributed by atoms with Crippen LogP contribution in [-0.4, -0.2) is 81.0 Å². The molecule has 1 radical (unpaired) electrons. The number of aromatic nitrogens is 4. The molecule has 0 spiro atoms. The number of fused-ring (bicyclic) bond motifs is 6. The number of nitrogens with zero attached hydrogens (tertiary/aromatic N) is 4. The molecule has 4 heterocycles. The van der Waals surface area contributed by atoms with Crippen LogP contribution in [0.15, 0.2) is 97.6 Å². The molecule has 0 amide bonds. The van der Waals surface area contributed by atoms with Crippen LogP contribution in [-0.2, 0) is 27.5 Å². The zero-order chi connectivity index (χ0) is 25.3. The van der Waals surface area contributed by atoms with Gasteiger partial charge in [0.1, 0.15) is 0 Å². The van der Waals surface area contributed by atoms with Gasteiger partial charge in [0.15, 0.2) is 0 Å². The third kappa shape index (κ3) is 14.7. The van der Waals surface area contributed by atoms with Crippen LogP contribution in [0.1, 0.15) is 0 Å². The fraction of sp³-hybridized carbons (Fsp3) is 0. The summed E-state index contributed by atoms with van der Waals surface area (Å²) >= 11 is 0. The Balaban J connectivity index is -0.000000114. The van der Waals surface area contributed by atoms with Crippen LogP contribution >= 0.6 is 0 Å². The first-order valence-corrected chi connectivity index (χ1v) is 11.3. The Kier molecular flexibility index (Phi) is 29.7. The number of benzene rings is 2. The molecule has 0 saturated carbocycles. The van der Waals surface area contributed by atoms with Crippen molar-refractivity contribution in [1.82, 2.24) is 19.9 Å². The molecule has 0 aliphatic heterocycles. The maximum atomic E-state index is 8.52. The molecule has 0 saturated heterocycles. The van der Waals surface area contributed by atoms with E-state index < -0.39 is 10.4 Å². The molecule has 239 valence electrons. The molecule has 0 aliphatic carbocycles. The molecule has 6 aromatic rings. The Morgan fingerprint density at radius 3 is 0.767 bits per heavy atom. The average Bonchev–Trinajstić information content (AvgIpc) is 2.89. The predicted molar refractivity (Wildman–Crippen MR) is 153 cm³/mol. The van der Waals surface area contributed by atoms with Gasteiger partial charge in [-0.15, -0.1) is 0 Å². The van der Waals surface area contributed by atoms with E-state index in [1.807, 2.05) is 24.3 Å². The van der Waals surface area contributed by atoms with Crippen molar-refractivity contribution < 1.29 is 83.4 Å². The number of hydrogen-bond acceptors (Lipinski definition) is 9. The second-order valence-electron chi connectivity index (χ2n) is 6.84. The summed E-state index contributed by atoms with van der Waals surface area (Å²) in [4.78, 5) is 17.4. The third-order valence-corrected chi connectivity index (χ3v) is 4.69. The van der Waals surface area contributed by atoms with Gasteiger partial charge < -0.3 is 58.0 Å². The summed E-state index contributed by atoms with van der Waals surface area (Å²) in [5, 5.41) is 16.6. The van der Waals surface area contributed by atoms with Crippen LogP contribution in [0.2, 0.25) is 0 Å². The van der Waals surface area contributed by atoms with Crippen molar-refractivity contribution in [2.75, 3.05) is 0 Å². The van der Waals surface area contributed by atoms with Gasteiger partial charge in [0.2, 0.25) is 0 Å². The van der Waals surface area contributed by atoms with Crippen LogP contribution in [0.5, 0.6) is 0 Å². The molecule has 0 atom stereocenters. The van der Waals surface area contributed by atoms with E-state index >= 15 is 0 Å². The fourth-order valence-corrected chi connectivity index (χ4v) is 3.36. The molecule has 0 aliphatic rings. The predicted octanol–water partition coefficient (Wildman–Crippen LogP) is -3.56. The normalized spacial score (nSPS) is 8.56. The topological polar surface area (TPSA) is 398 Å². The Hall–Kier alpha value is -3.89. The van der Waals surface area contributed by atoms with E-state index in [9.17, 15) is 0 Å². The molecule has 2 aromatic carbocycles. The smallest absolute Gasteiger partial charge is 0.759 e. The average molecular weight is 672 g/mol. The molecule has 4 aromatic heterocycles. The molecular formula is C24H32MnN4O13S. The van der Waals surface area contributed by atoms with Crippen molar-refractivity contribution in [3.63, 3.8) is 0 Å². The SMILES string of the molecule is O.O.O.O.O.O.O.O=S(=O)([O-])[O-].[Mn+2].[O-][OH2+].c1cnc2c(c1)ccc1cccnc12.c1cnc2c(c1)ccc1cccnc12. The second-order valence-corrected chi connectivity index (χ2v) is 7.66. The standard InChI is InChI=1S/2C12H8N2.Mn.H2O4S.H2O2.7H2O/c2*1-3-9-5-6-10-4-2-8-14-12(10)11(9)13-7-1;;1-5(2,3)4;1-2;;;;;;;/h2*1-8H;;(H2,1,2,3,4);1H2;7*1H2/q;;+2;;;;;;;;;/p-2. The minimum atomic E-state index is -5.17. The van der Waals surface area contributed by atoms with Gasteiger partial charge in [-0.2, -0.15) is 0 Å². The molecule has 0 bridgehead atoms. The van der Waals surface area contributed by atoms with Crippen LogP contribution in [0.4, 0.5) is 0 Å². The summed E-state index contributed by atoms with van der Waals surface area (Å²) in [6, 6.07) is 24.3. The molecule has 19 heteroatoms. The van der Waals surface area contributed by atoms with Crippen LogP contribution in [0.25, 0.3) is 43.6 Å². The van der Waals surface area contributed by atoms with Crippen molar-refractivity contribution in [2.45, 2.75) is 0 Å². The summed E-state index contributed by atoms with van der Waals surface area (Å²) in [6.45, 7) is 0. The van der Waals surface area contributed by atoms with E-state index in [0.29, 0.717) is 0 Å². The van der Waals surface area contributed by atoms with Gasteiger partial charge in [-0.25, -0.2) is 0 Å². The summed E-state index contributed by atoms with van der Waals surface area (Å²) in [7, 11) is -5.17. The second kappa shape index (κ2) is 24.7. The first-order chi connectivity index (χ1) is 16.9. The number of pyridine rings is 4. The Morgan fingerprint density at radius 1 is 0.442 bits per heavy atom. The van der Waals surface area contributed by atoms with Crippen LogP contribution in [0.3, 0.4) is 0 Å². The van der Waals surface area contributed by atoms with Crippen molar-refractivity contribution in [3.05, 3.63) is 97.6 Å². The molecule has 0 unspecified atom stereocenters. The van der Waals surface area contributed by atoms with E-state index in [1.54, 1.807) is 24.8 Å². The summed E-state index contributed by atoms with van der Waals surface area (Å²) in [5.74, 6) is 0. The third-order valence-electron chi connectivity index (χ3n) is 4.69. The largest absolute Gasteiger partial charge is 2.00 e. The Bertz CT molecular complexity index is 1470. The minimum Gasteiger partial charge on any atom is -0.759 e. The monoisotopic (exact) mass is 671 g/mol. The van der Waals surface area contributed by atoms with Crippen molar-refractivity contribution in [2.24, 2.45) is 0 Å². The van der Waals surface area contributed by atoms with E-state index in [0.717, 1.165) is 43.6 Å². The molecular weight excluding hydrogens is 639 g/mol. The van der Waals surface area contributed by atoms with Gasteiger partial charge in [-0.3, -0.25) is 28.4 Å². The summed E-state index contributed by atoms with van der Waals surface area (Å²) in [6.07, 6.45) is 7.21. The Morgan fingerprint density at radius 2 is 0.605 bits per heavy atom. The first kappa shape index (κ1) is 51.8. The maximum Gasteiger partial charge on any atom is 2.00 e. The van der Waals surface area contributed by atoms with Gasteiger partial charge in [0.25, 0.3) is 0 Å². The molecule has 0 fully saturated rings. The quantitative estimate of drug-likeness (QED) is 0.0293. The zero-order valence-corrected chi connectivity index (χ0v) is 23.9. The zero-order valence-electron chi connectivity index (χ0n) is 21.9. The van der Waals surface area contributed by atoms with Crippen molar-refractivity contribution >= 4 is 54.0 Å².